The maximum Gasteiger partial charge on any atom is 0.232 e. The first-order valence-electron chi connectivity index (χ1n) is 9.35. The van der Waals surface area contributed by atoms with Crippen molar-refractivity contribution in [1.82, 2.24) is 0 Å². The molecule has 1 heterocycles. The summed E-state index contributed by atoms with van der Waals surface area (Å²) in [5.74, 6) is -0.609. The minimum absolute atomic E-state index is 0.0408. The summed E-state index contributed by atoms with van der Waals surface area (Å²) >= 11 is 3.43. The molecule has 5 heteroatoms. The second-order valence-electron chi connectivity index (χ2n) is 8.32. The Kier molecular flexibility index (Phi) is 4.74. The van der Waals surface area contributed by atoms with Crippen LogP contribution in [0.3, 0.4) is 0 Å². The van der Waals surface area contributed by atoms with E-state index in [0.717, 1.165) is 21.4 Å². The minimum Gasteiger partial charge on any atom is -0.294 e. The van der Waals surface area contributed by atoms with Crippen LogP contribution in [0.15, 0.2) is 64.3 Å². The zero-order valence-corrected chi connectivity index (χ0v) is 17.4. The lowest BCUT2D eigenvalue weighted by Gasteiger charge is -2.43. The summed E-state index contributed by atoms with van der Waals surface area (Å²) in [5.41, 5.74) is 2.85. The Hall–Kier alpha value is -2.27. The fourth-order valence-electron chi connectivity index (χ4n) is 4.28. The second kappa shape index (κ2) is 6.96. The number of ketones is 1. The quantitative estimate of drug-likeness (QED) is 0.594. The van der Waals surface area contributed by atoms with E-state index in [9.17, 15) is 14.0 Å². The van der Waals surface area contributed by atoms with Crippen LogP contribution in [0.25, 0.3) is 0 Å². The van der Waals surface area contributed by atoms with Gasteiger partial charge in [0.15, 0.2) is 5.78 Å². The maximum absolute atomic E-state index is 13.4. The zero-order chi connectivity index (χ0) is 20.1. The van der Waals surface area contributed by atoms with Crippen molar-refractivity contribution in [3.05, 3.63) is 75.7 Å². The number of rotatable bonds is 2. The Balaban J connectivity index is 1.88. The lowest BCUT2D eigenvalue weighted by molar-refractivity contribution is -0.121. The molecule has 1 amide bonds. The van der Waals surface area contributed by atoms with Crippen LogP contribution in [-0.2, 0) is 9.59 Å². The van der Waals surface area contributed by atoms with Gasteiger partial charge in [-0.25, -0.2) is 4.39 Å². The van der Waals surface area contributed by atoms with Gasteiger partial charge in [-0.3, -0.25) is 14.5 Å². The summed E-state index contributed by atoms with van der Waals surface area (Å²) in [7, 11) is 0. The monoisotopic (exact) mass is 441 g/mol. The van der Waals surface area contributed by atoms with Crippen molar-refractivity contribution < 1.29 is 14.0 Å². The van der Waals surface area contributed by atoms with Gasteiger partial charge in [0.1, 0.15) is 5.82 Å². The van der Waals surface area contributed by atoms with Gasteiger partial charge >= 0.3 is 0 Å². The topological polar surface area (TPSA) is 37.4 Å². The molecule has 0 fully saturated rings. The van der Waals surface area contributed by atoms with E-state index in [0.29, 0.717) is 18.4 Å². The smallest absolute Gasteiger partial charge is 0.232 e. The van der Waals surface area contributed by atoms with E-state index in [1.54, 1.807) is 17.0 Å². The molecule has 1 aliphatic heterocycles. The number of anilines is 1. The number of hydrogen-bond acceptors (Lipinski definition) is 2. The van der Waals surface area contributed by atoms with E-state index in [-0.39, 0.29) is 35.3 Å². The van der Waals surface area contributed by atoms with E-state index in [1.165, 1.54) is 12.1 Å². The highest BCUT2D eigenvalue weighted by Gasteiger charge is 2.44. The number of allylic oxidation sites excluding steroid dienone is 2. The molecule has 1 aliphatic carbocycles. The van der Waals surface area contributed by atoms with Crippen LogP contribution in [0.5, 0.6) is 0 Å². The molecule has 0 radical (unpaired) electrons. The van der Waals surface area contributed by atoms with Gasteiger partial charge in [0, 0.05) is 40.2 Å². The largest absolute Gasteiger partial charge is 0.294 e. The van der Waals surface area contributed by atoms with E-state index < -0.39 is 0 Å². The summed E-state index contributed by atoms with van der Waals surface area (Å²) in [6.45, 7) is 4.11. The Labute approximate surface area is 172 Å². The van der Waals surface area contributed by atoms with Crippen molar-refractivity contribution in [2.45, 2.75) is 39.0 Å². The molecular formula is C23H21BrFNO2. The standard InChI is InChI=1S/C23H21BrFNO2/c1-23(2)12-19-22(20(27)13-23)18(14-3-7-16(25)8-4-14)11-21(28)26(19)17-9-5-15(24)6-10-17/h3-10,18H,11-13H2,1-2H3. The molecule has 1 unspecified atom stereocenters. The Morgan fingerprint density at radius 3 is 2.29 bits per heavy atom. The first-order valence-corrected chi connectivity index (χ1v) is 10.1. The van der Waals surface area contributed by atoms with Crippen molar-refractivity contribution in [3.8, 4) is 0 Å². The van der Waals surface area contributed by atoms with Crippen LogP contribution >= 0.6 is 15.9 Å². The number of carbonyl (C=O) groups excluding carboxylic acids is 2. The fourth-order valence-corrected chi connectivity index (χ4v) is 4.55. The first-order chi connectivity index (χ1) is 13.2. The van der Waals surface area contributed by atoms with Crippen LogP contribution in [0, 0.1) is 11.2 Å². The highest BCUT2D eigenvalue weighted by Crippen LogP contribution is 2.48. The molecule has 0 saturated carbocycles. The molecular weight excluding hydrogens is 421 g/mol. The third kappa shape index (κ3) is 3.44. The molecule has 0 bridgehead atoms. The van der Waals surface area contributed by atoms with Gasteiger partial charge in [-0.05, 0) is 53.8 Å². The lowest BCUT2D eigenvalue weighted by Crippen LogP contribution is -2.43. The summed E-state index contributed by atoms with van der Waals surface area (Å²) in [5, 5.41) is 0. The molecule has 2 aromatic carbocycles. The number of halogens is 2. The fraction of sp³-hybridized carbons (Fsp3) is 0.304. The Bertz CT molecular complexity index is 977. The SMILES string of the molecule is CC1(C)CC(=O)C2=C(C1)N(c1ccc(Br)cc1)C(=O)CC2c1ccc(F)cc1. The summed E-state index contributed by atoms with van der Waals surface area (Å²) in [6, 6.07) is 13.7. The van der Waals surface area contributed by atoms with Crippen LogP contribution in [-0.4, -0.2) is 11.7 Å². The molecule has 0 N–H and O–H groups in total. The molecule has 28 heavy (non-hydrogen) atoms. The number of hydrogen-bond donors (Lipinski definition) is 0. The number of carbonyl (C=O) groups is 2. The highest BCUT2D eigenvalue weighted by atomic mass is 79.9. The van der Waals surface area contributed by atoms with Crippen LogP contribution in [0.1, 0.15) is 44.6 Å². The van der Waals surface area contributed by atoms with Gasteiger partial charge in [0.25, 0.3) is 0 Å². The van der Waals surface area contributed by atoms with Gasteiger partial charge in [0.2, 0.25) is 5.91 Å². The average molecular weight is 442 g/mol. The van der Waals surface area contributed by atoms with E-state index >= 15 is 0 Å². The predicted molar refractivity (Wildman–Crippen MR) is 110 cm³/mol. The number of benzene rings is 2. The van der Waals surface area contributed by atoms with Crippen LogP contribution < -0.4 is 4.90 Å². The lowest BCUT2D eigenvalue weighted by atomic mass is 9.69. The van der Waals surface area contributed by atoms with Gasteiger partial charge in [-0.2, -0.15) is 0 Å². The minimum atomic E-state index is -0.326. The molecule has 3 nitrogen and oxygen atoms in total. The number of Topliss-reactive ketones (excluding diaryl/α,β-unsaturated/α-hetero) is 1. The molecule has 0 saturated heterocycles. The molecule has 0 aromatic heterocycles. The van der Waals surface area contributed by atoms with Gasteiger partial charge in [-0.1, -0.05) is 41.9 Å². The Morgan fingerprint density at radius 1 is 1.00 bits per heavy atom. The van der Waals surface area contributed by atoms with Crippen molar-refractivity contribution in [2.75, 3.05) is 4.90 Å². The highest BCUT2D eigenvalue weighted by molar-refractivity contribution is 9.10. The average Bonchev–Trinajstić information content (AvgIpc) is 2.62. The van der Waals surface area contributed by atoms with Crippen molar-refractivity contribution in [3.63, 3.8) is 0 Å². The van der Waals surface area contributed by atoms with E-state index in [2.05, 4.69) is 29.8 Å². The van der Waals surface area contributed by atoms with E-state index in [4.69, 9.17) is 0 Å². The third-order valence-electron chi connectivity index (χ3n) is 5.50. The van der Waals surface area contributed by atoms with Crippen LogP contribution in [0.2, 0.25) is 0 Å². The zero-order valence-electron chi connectivity index (χ0n) is 15.8. The van der Waals surface area contributed by atoms with Crippen LogP contribution in [0.4, 0.5) is 10.1 Å². The molecule has 4 rings (SSSR count). The van der Waals surface area contributed by atoms with Crippen molar-refractivity contribution >= 4 is 33.3 Å². The normalized spacial score (nSPS) is 21.7. The number of nitrogens with zero attached hydrogens (tertiary/aromatic N) is 1. The van der Waals surface area contributed by atoms with E-state index in [1.807, 2.05) is 24.3 Å². The molecule has 2 aromatic rings. The predicted octanol–water partition coefficient (Wildman–Crippen LogP) is 5.75. The molecule has 2 aliphatic rings. The molecule has 1 atom stereocenters. The third-order valence-corrected chi connectivity index (χ3v) is 6.03. The first kappa shape index (κ1) is 19.1. The molecule has 0 spiro atoms. The second-order valence-corrected chi connectivity index (χ2v) is 9.23. The summed E-state index contributed by atoms with van der Waals surface area (Å²) in [6.07, 6.45) is 1.30. The summed E-state index contributed by atoms with van der Waals surface area (Å²) in [4.78, 5) is 28.1. The van der Waals surface area contributed by atoms with Crippen molar-refractivity contribution in [2.24, 2.45) is 5.41 Å². The Morgan fingerprint density at radius 2 is 1.64 bits per heavy atom. The van der Waals surface area contributed by atoms with Crippen molar-refractivity contribution in [1.29, 1.82) is 0 Å². The van der Waals surface area contributed by atoms with Gasteiger partial charge in [0.05, 0.1) is 0 Å². The van der Waals surface area contributed by atoms with Gasteiger partial charge < -0.3 is 0 Å². The molecule has 144 valence electrons. The number of amides is 1. The summed E-state index contributed by atoms with van der Waals surface area (Å²) < 4.78 is 14.3. The van der Waals surface area contributed by atoms with Gasteiger partial charge in [-0.15, -0.1) is 0 Å². The maximum atomic E-state index is 13.4.